The van der Waals surface area contributed by atoms with Gasteiger partial charge in [-0.05, 0) is 61.8 Å². The summed E-state index contributed by atoms with van der Waals surface area (Å²) in [4.78, 5) is 6.83. The number of sulfonamides is 1. The number of halogens is 2. The first kappa shape index (κ1) is 23.5. The van der Waals surface area contributed by atoms with E-state index in [1.807, 2.05) is 12.1 Å². The fourth-order valence-electron chi connectivity index (χ4n) is 3.83. The Morgan fingerprint density at radius 1 is 1.10 bits per heavy atom. The average Bonchev–Trinajstić information content (AvgIpc) is 2.98. The highest BCUT2D eigenvalue weighted by molar-refractivity contribution is 7.90. The Morgan fingerprint density at radius 3 is 2.71 bits per heavy atom. The molecular weight excluding hydrogens is 441 g/mol. The topological polar surface area (TPSA) is 71.0 Å². The van der Waals surface area contributed by atoms with Crippen molar-refractivity contribution in [3.63, 3.8) is 0 Å². The molecule has 0 atom stereocenters. The van der Waals surface area contributed by atoms with Gasteiger partial charge in [0, 0.05) is 25.1 Å². The van der Waals surface area contributed by atoms with Crippen LogP contribution in [0.25, 0.3) is 0 Å². The van der Waals surface area contributed by atoms with Gasteiger partial charge in [0.2, 0.25) is 0 Å². The average molecular weight is 468 g/mol. The normalized spacial score (nSPS) is 18.8. The van der Waals surface area contributed by atoms with E-state index in [1.54, 1.807) is 0 Å². The predicted octanol–water partition coefficient (Wildman–Crippen LogP) is 3.74. The maximum absolute atomic E-state index is 13.5. The summed E-state index contributed by atoms with van der Waals surface area (Å²) < 4.78 is 45.9. The quantitative estimate of drug-likeness (QED) is 0.630. The van der Waals surface area contributed by atoms with Crippen molar-refractivity contribution in [2.75, 3.05) is 26.2 Å². The Labute approximate surface area is 189 Å². The second-order valence-electron chi connectivity index (χ2n) is 7.66. The number of nitrogens with one attached hydrogen (secondary N) is 1. The molecule has 31 heavy (non-hydrogen) atoms. The summed E-state index contributed by atoms with van der Waals surface area (Å²) in [5.41, 5.74) is 1.52. The van der Waals surface area contributed by atoms with E-state index in [4.69, 9.17) is 4.74 Å². The third-order valence-electron chi connectivity index (χ3n) is 5.31. The number of likely N-dealkylation sites (tertiary alicyclic amines) is 1. The number of hydrogen-bond acceptors (Lipinski definition) is 5. The Hall–Kier alpha value is -2.16. The second-order valence-corrected chi connectivity index (χ2v) is 9.31. The van der Waals surface area contributed by atoms with Crippen molar-refractivity contribution >= 4 is 28.3 Å². The zero-order chi connectivity index (χ0) is 21.0. The van der Waals surface area contributed by atoms with Gasteiger partial charge in [-0.3, -0.25) is 14.6 Å². The monoisotopic (exact) mass is 467 g/mol. The number of benzene rings is 2. The van der Waals surface area contributed by atoms with Crippen molar-refractivity contribution in [2.45, 2.75) is 37.1 Å². The molecule has 0 aromatic heterocycles. The number of ether oxygens (including phenoxy) is 1. The van der Waals surface area contributed by atoms with Crippen LogP contribution < -0.4 is 9.46 Å². The molecule has 2 aromatic rings. The van der Waals surface area contributed by atoms with Gasteiger partial charge < -0.3 is 4.74 Å². The van der Waals surface area contributed by atoms with E-state index in [9.17, 15) is 12.8 Å². The van der Waals surface area contributed by atoms with E-state index in [2.05, 4.69) is 26.7 Å². The Kier molecular flexibility index (Phi) is 7.91. The van der Waals surface area contributed by atoms with Crippen LogP contribution in [0.2, 0.25) is 0 Å². The van der Waals surface area contributed by atoms with Crippen LogP contribution in [0.1, 0.15) is 36.8 Å². The highest BCUT2D eigenvalue weighted by atomic mass is 35.5. The summed E-state index contributed by atoms with van der Waals surface area (Å²) in [7, 11) is -3.66. The Bertz CT molecular complexity index is 1040. The molecule has 2 aliphatic rings. The molecule has 1 saturated heterocycles. The molecule has 0 bridgehead atoms. The van der Waals surface area contributed by atoms with Crippen LogP contribution in [0.3, 0.4) is 0 Å². The number of hydrogen-bond donors (Lipinski definition) is 1. The molecule has 6 nitrogen and oxygen atoms in total. The predicted molar refractivity (Wildman–Crippen MR) is 121 cm³/mol. The number of nitrogens with zero attached hydrogens (tertiary/aromatic N) is 2. The largest absolute Gasteiger partial charge is 0.494 e. The molecule has 0 aliphatic carbocycles. The van der Waals surface area contributed by atoms with Crippen molar-refractivity contribution in [1.29, 1.82) is 0 Å². The first-order valence-electron chi connectivity index (χ1n) is 10.3. The van der Waals surface area contributed by atoms with Gasteiger partial charge in [-0.25, -0.2) is 12.8 Å². The lowest BCUT2D eigenvalue weighted by atomic mass is 10.1. The van der Waals surface area contributed by atoms with Crippen LogP contribution >= 0.6 is 12.4 Å². The van der Waals surface area contributed by atoms with E-state index in [1.165, 1.54) is 37.0 Å². The van der Waals surface area contributed by atoms with Crippen molar-refractivity contribution < 1.29 is 17.5 Å². The lowest BCUT2D eigenvalue weighted by Gasteiger charge is -2.26. The van der Waals surface area contributed by atoms with Gasteiger partial charge in [0.1, 0.15) is 17.4 Å². The molecule has 0 unspecified atom stereocenters. The Morgan fingerprint density at radius 2 is 1.90 bits per heavy atom. The van der Waals surface area contributed by atoms with Crippen molar-refractivity contribution in [1.82, 2.24) is 9.62 Å². The highest BCUT2D eigenvalue weighted by Crippen LogP contribution is 2.23. The molecule has 1 N–H and O–H groups in total. The van der Waals surface area contributed by atoms with Crippen molar-refractivity contribution in [2.24, 2.45) is 4.99 Å². The lowest BCUT2D eigenvalue weighted by Crippen LogP contribution is -2.29. The number of piperidine rings is 1. The number of aliphatic imine (C=N–C) groups is 1. The minimum Gasteiger partial charge on any atom is -0.494 e. The smallest absolute Gasteiger partial charge is 0.263 e. The molecule has 4 rings (SSSR count). The molecule has 9 heteroatoms. The molecular formula is C22H27ClFN3O3S. The fraction of sp³-hybridized carbons (Fsp3) is 0.409. The first-order chi connectivity index (χ1) is 14.5. The summed E-state index contributed by atoms with van der Waals surface area (Å²) in [5, 5.41) is 0. The minimum atomic E-state index is -3.66. The zero-order valence-corrected chi connectivity index (χ0v) is 18.9. The molecule has 2 aliphatic heterocycles. The molecule has 2 heterocycles. The fourth-order valence-corrected chi connectivity index (χ4v) is 5.06. The Balaban J connectivity index is 0.00000272. The maximum Gasteiger partial charge on any atom is 0.263 e. The third kappa shape index (κ3) is 5.96. The molecule has 1 fully saturated rings. The summed E-state index contributed by atoms with van der Waals surface area (Å²) >= 11 is 0. The van der Waals surface area contributed by atoms with Crippen LogP contribution in [0.5, 0.6) is 5.75 Å². The van der Waals surface area contributed by atoms with E-state index >= 15 is 0 Å². The van der Waals surface area contributed by atoms with Crippen LogP contribution in [-0.2, 0) is 16.6 Å². The number of rotatable bonds is 7. The van der Waals surface area contributed by atoms with E-state index in [-0.39, 0.29) is 28.7 Å². The van der Waals surface area contributed by atoms with E-state index in [0.717, 1.165) is 31.5 Å². The SMILES string of the molecule is Cl.O=S1(=O)NC(=NCCCOc2cccc(CN3CCCCC3)c2)c2cc(F)ccc21. The molecule has 0 amide bonds. The summed E-state index contributed by atoms with van der Waals surface area (Å²) in [6.45, 7) is 4.10. The van der Waals surface area contributed by atoms with E-state index in [0.29, 0.717) is 19.6 Å². The van der Waals surface area contributed by atoms with Crippen LogP contribution in [-0.4, -0.2) is 45.4 Å². The maximum atomic E-state index is 13.5. The van der Waals surface area contributed by atoms with Crippen molar-refractivity contribution in [3.8, 4) is 5.75 Å². The molecule has 0 saturated carbocycles. The van der Waals surface area contributed by atoms with Gasteiger partial charge in [0.05, 0.1) is 11.5 Å². The second kappa shape index (κ2) is 10.4. The molecule has 2 aromatic carbocycles. The minimum absolute atomic E-state index is 0. The summed E-state index contributed by atoms with van der Waals surface area (Å²) in [6, 6.07) is 11.7. The highest BCUT2D eigenvalue weighted by Gasteiger charge is 2.30. The van der Waals surface area contributed by atoms with Gasteiger partial charge in [0.25, 0.3) is 10.0 Å². The van der Waals surface area contributed by atoms with Gasteiger partial charge in [-0.15, -0.1) is 12.4 Å². The van der Waals surface area contributed by atoms with Crippen LogP contribution in [0.4, 0.5) is 4.39 Å². The zero-order valence-electron chi connectivity index (χ0n) is 17.2. The molecule has 0 spiro atoms. The van der Waals surface area contributed by atoms with Crippen LogP contribution in [0, 0.1) is 5.82 Å². The number of fused-ring (bicyclic) bond motifs is 1. The van der Waals surface area contributed by atoms with Gasteiger partial charge >= 0.3 is 0 Å². The molecule has 0 radical (unpaired) electrons. The lowest BCUT2D eigenvalue weighted by molar-refractivity contribution is 0.220. The summed E-state index contributed by atoms with van der Waals surface area (Å²) in [5.74, 6) is 0.521. The standard InChI is InChI=1S/C22H26FN3O3S.ClH/c23-18-8-9-21-20(15-18)22(25-30(21,27)28)24-10-5-13-29-19-7-4-6-17(14-19)16-26-11-2-1-3-12-26;/h4,6-9,14-15H,1-3,5,10-13,16H2,(H,24,25);1H. The third-order valence-corrected chi connectivity index (χ3v) is 6.71. The van der Waals surface area contributed by atoms with Crippen molar-refractivity contribution in [3.05, 3.63) is 59.4 Å². The van der Waals surface area contributed by atoms with Gasteiger partial charge in [-0.2, -0.15) is 0 Å². The molecule has 168 valence electrons. The number of amidine groups is 1. The van der Waals surface area contributed by atoms with E-state index < -0.39 is 15.8 Å². The van der Waals surface area contributed by atoms with Crippen LogP contribution in [0.15, 0.2) is 52.4 Å². The van der Waals surface area contributed by atoms with Gasteiger partial charge in [-0.1, -0.05) is 18.6 Å². The summed E-state index contributed by atoms with van der Waals surface area (Å²) in [6.07, 6.45) is 4.48. The van der Waals surface area contributed by atoms with Gasteiger partial charge in [0.15, 0.2) is 0 Å². The first-order valence-corrected chi connectivity index (χ1v) is 11.8.